The molecule has 5 heteroatoms. The van der Waals surface area contributed by atoms with Gasteiger partial charge in [-0.3, -0.25) is 4.57 Å². The second-order valence-electron chi connectivity index (χ2n) is 3.57. The van der Waals surface area contributed by atoms with Crippen LogP contribution in [0.2, 0.25) is 0 Å². The molecular weight excluding hydrogens is 221 g/mol. The van der Waals surface area contributed by atoms with Crippen molar-refractivity contribution in [1.82, 2.24) is 4.78 Å². The molecular formula is C11H18N3OP. The zero-order chi connectivity index (χ0) is 11.8. The number of rotatable bonds is 7. The predicted molar refractivity (Wildman–Crippen MR) is 67.2 cm³/mol. The smallest absolute Gasteiger partial charge is 0.268 e. The van der Waals surface area contributed by atoms with Crippen molar-refractivity contribution < 1.29 is 4.57 Å². The summed E-state index contributed by atoms with van der Waals surface area (Å²) in [6.45, 7) is 3.41. The molecule has 1 aromatic carbocycles. The molecule has 0 heterocycles. The molecule has 0 saturated heterocycles. The molecule has 0 amide bonds. The van der Waals surface area contributed by atoms with E-state index >= 15 is 0 Å². The first-order valence-corrected chi connectivity index (χ1v) is 6.23. The normalized spacial score (nSPS) is 10.9. The van der Waals surface area contributed by atoms with Crippen LogP contribution in [0.3, 0.4) is 0 Å². The molecule has 0 fully saturated rings. The summed E-state index contributed by atoms with van der Waals surface area (Å²) in [7, 11) is -0.00425. The molecule has 4 nitrogen and oxygen atoms in total. The Hall–Kier alpha value is -0.960. The molecule has 0 spiro atoms. The van der Waals surface area contributed by atoms with E-state index in [0.717, 1.165) is 30.6 Å². The molecule has 0 aromatic heterocycles. The van der Waals surface area contributed by atoms with Crippen LogP contribution in [-0.4, -0.2) is 11.3 Å². The second-order valence-corrected chi connectivity index (χ2v) is 4.22. The van der Waals surface area contributed by atoms with Gasteiger partial charge >= 0.3 is 0 Å². The van der Waals surface area contributed by atoms with E-state index in [4.69, 9.17) is 5.73 Å². The van der Waals surface area contributed by atoms with Gasteiger partial charge in [-0.15, -0.1) is 4.78 Å². The Balaban J connectivity index is 2.52. The number of nitrogens with two attached hydrogens (primary N) is 1. The van der Waals surface area contributed by atoms with Gasteiger partial charge in [0.25, 0.3) is 8.61 Å². The first-order chi connectivity index (χ1) is 7.80. The summed E-state index contributed by atoms with van der Waals surface area (Å²) >= 11 is 0. The molecule has 0 radical (unpaired) electrons. The number of hydrazine groups is 1. The van der Waals surface area contributed by atoms with E-state index in [1.165, 1.54) is 0 Å². The topological polar surface area (TPSA) is 58.4 Å². The van der Waals surface area contributed by atoms with Crippen LogP contribution in [0.25, 0.3) is 0 Å². The van der Waals surface area contributed by atoms with Gasteiger partial charge in [0.05, 0.1) is 0 Å². The van der Waals surface area contributed by atoms with E-state index in [-0.39, 0.29) is 8.61 Å². The third kappa shape index (κ3) is 4.27. The molecule has 0 aliphatic heterocycles. The third-order valence-corrected chi connectivity index (χ3v) is 2.77. The monoisotopic (exact) mass is 239 g/mol. The van der Waals surface area contributed by atoms with Crippen LogP contribution in [-0.2, 0) is 11.1 Å². The number of nitrogens with zero attached hydrogens (tertiary/aromatic N) is 1. The van der Waals surface area contributed by atoms with E-state index in [2.05, 4.69) is 12.3 Å². The molecule has 0 unspecified atom stereocenters. The van der Waals surface area contributed by atoms with E-state index in [0.29, 0.717) is 6.54 Å². The minimum atomic E-state index is -0.00425. The Labute approximate surface area is 98.1 Å². The van der Waals surface area contributed by atoms with E-state index in [1.807, 2.05) is 24.3 Å². The van der Waals surface area contributed by atoms with Gasteiger partial charge < -0.3 is 11.2 Å². The first-order valence-electron chi connectivity index (χ1n) is 5.46. The number of unbranched alkanes of at least 4 members (excludes halogenated alkanes) is 1. The summed E-state index contributed by atoms with van der Waals surface area (Å²) in [5.41, 5.74) is 10.6. The molecule has 0 aliphatic rings. The molecule has 16 heavy (non-hydrogen) atoms. The zero-order valence-corrected chi connectivity index (χ0v) is 10.4. The minimum absolute atomic E-state index is 0.00425. The Kier molecular flexibility index (Phi) is 6.01. The van der Waals surface area contributed by atoms with Crippen LogP contribution in [0.15, 0.2) is 24.3 Å². The average molecular weight is 239 g/mol. The van der Waals surface area contributed by atoms with Crippen molar-refractivity contribution in [2.45, 2.75) is 26.3 Å². The lowest BCUT2D eigenvalue weighted by molar-refractivity contribution is 0.483. The summed E-state index contributed by atoms with van der Waals surface area (Å²) < 4.78 is 12.5. The fourth-order valence-electron chi connectivity index (χ4n) is 1.29. The summed E-state index contributed by atoms with van der Waals surface area (Å²) in [5, 5.41) is 0. The molecule has 1 aromatic rings. The van der Waals surface area contributed by atoms with Crippen molar-refractivity contribution in [3.63, 3.8) is 0 Å². The lowest BCUT2D eigenvalue weighted by Gasteiger charge is -2.16. The van der Waals surface area contributed by atoms with Gasteiger partial charge in [-0.2, -0.15) is 0 Å². The third-order valence-electron chi connectivity index (χ3n) is 2.27. The highest BCUT2D eigenvalue weighted by Gasteiger charge is 2.03. The highest BCUT2D eigenvalue weighted by molar-refractivity contribution is 7.20. The molecule has 0 aliphatic carbocycles. The number of nitrogens with one attached hydrogen (secondary N) is 1. The number of hydrogen-bond donors (Lipinski definition) is 2. The van der Waals surface area contributed by atoms with Crippen molar-refractivity contribution in [1.29, 1.82) is 0 Å². The molecule has 1 rings (SSSR count). The zero-order valence-electron chi connectivity index (χ0n) is 9.52. The van der Waals surface area contributed by atoms with E-state index < -0.39 is 0 Å². The maximum Gasteiger partial charge on any atom is 0.268 e. The SMILES string of the molecule is CCCCN(Nc1ccc(CN)cc1)P=O. The Morgan fingerprint density at radius 1 is 1.38 bits per heavy atom. The largest absolute Gasteiger partial charge is 0.326 e. The van der Waals surface area contributed by atoms with Gasteiger partial charge in [0.2, 0.25) is 0 Å². The Morgan fingerprint density at radius 3 is 2.56 bits per heavy atom. The van der Waals surface area contributed by atoms with Gasteiger partial charge in [-0.1, -0.05) is 25.5 Å². The van der Waals surface area contributed by atoms with Crippen LogP contribution < -0.4 is 11.2 Å². The van der Waals surface area contributed by atoms with Crippen LogP contribution in [0.1, 0.15) is 25.3 Å². The Bertz CT molecular complexity index is 316. The second kappa shape index (κ2) is 7.34. The summed E-state index contributed by atoms with van der Waals surface area (Å²) in [6.07, 6.45) is 2.10. The summed E-state index contributed by atoms with van der Waals surface area (Å²) in [4.78, 5) is 0. The fraction of sp³-hybridized carbons (Fsp3) is 0.455. The highest BCUT2D eigenvalue weighted by atomic mass is 31.1. The van der Waals surface area contributed by atoms with E-state index in [1.54, 1.807) is 4.78 Å². The minimum Gasteiger partial charge on any atom is -0.326 e. The Morgan fingerprint density at radius 2 is 2.06 bits per heavy atom. The van der Waals surface area contributed by atoms with Crippen molar-refractivity contribution in [3.8, 4) is 0 Å². The fourth-order valence-corrected chi connectivity index (χ4v) is 1.67. The molecule has 0 saturated carbocycles. The van der Waals surface area contributed by atoms with Gasteiger partial charge in [0, 0.05) is 18.8 Å². The van der Waals surface area contributed by atoms with Gasteiger partial charge in [0.1, 0.15) is 0 Å². The van der Waals surface area contributed by atoms with Crippen LogP contribution in [0.4, 0.5) is 5.69 Å². The van der Waals surface area contributed by atoms with E-state index in [9.17, 15) is 4.57 Å². The quantitative estimate of drug-likeness (QED) is 0.567. The van der Waals surface area contributed by atoms with Crippen molar-refractivity contribution in [3.05, 3.63) is 29.8 Å². The lowest BCUT2D eigenvalue weighted by atomic mass is 10.2. The molecule has 88 valence electrons. The summed E-state index contributed by atoms with van der Waals surface area (Å²) in [6, 6.07) is 7.79. The van der Waals surface area contributed by atoms with Gasteiger partial charge in [-0.25, -0.2) is 0 Å². The molecule has 0 bridgehead atoms. The van der Waals surface area contributed by atoms with Gasteiger partial charge in [0.15, 0.2) is 0 Å². The molecule has 3 N–H and O–H groups in total. The van der Waals surface area contributed by atoms with Crippen molar-refractivity contribution >= 4 is 14.3 Å². The standard InChI is InChI=1S/C11H18N3OP/c1-2-3-8-14(16-15)13-11-6-4-10(9-12)5-7-11/h4-7,13H,2-3,8-9,12H2,1H3. The number of benzene rings is 1. The number of hydrogen-bond acceptors (Lipinski definition) is 3. The highest BCUT2D eigenvalue weighted by Crippen LogP contribution is 2.14. The molecule has 0 atom stereocenters. The van der Waals surface area contributed by atoms with Crippen molar-refractivity contribution in [2.75, 3.05) is 12.0 Å². The summed E-state index contributed by atoms with van der Waals surface area (Å²) in [5.74, 6) is 0. The average Bonchev–Trinajstić information content (AvgIpc) is 2.35. The van der Waals surface area contributed by atoms with Crippen LogP contribution in [0.5, 0.6) is 0 Å². The first kappa shape index (κ1) is 13.1. The van der Waals surface area contributed by atoms with Crippen molar-refractivity contribution in [2.24, 2.45) is 5.73 Å². The maximum atomic E-state index is 10.9. The van der Waals surface area contributed by atoms with Crippen LogP contribution >= 0.6 is 8.61 Å². The van der Waals surface area contributed by atoms with Crippen LogP contribution in [0, 0.1) is 0 Å². The number of anilines is 1. The lowest BCUT2D eigenvalue weighted by Crippen LogP contribution is -2.20. The predicted octanol–water partition coefficient (Wildman–Crippen LogP) is 2.78. The maximum absolute atomic E-state index is 10.9. The van der Waals surface area contributed by atoms with Gasteiger partial charge in [-0.05, 0) is 24.1 Å².